The third-order valence-electron chi connectivity index (χ3n) is 3.89. The van der Waals surface area contributed by atoms with Gasteiger partial charge in [-0.15, -0.1) is 0 Å². The lowest BCUT2D eigenvalue weighted by Crippen LogP contribution is -2.60. The SMILES string of the molecule is N#CC1(C(=O)NC(CO)(CO)CO)CCCCCC1. The molecule has 0 heterocycles. The lowest BCUT2D eigenvalue weighted by molar-refractivity contribution is -0.133. The summed E-state index contributed by atoms with van der Waals surface area (Å²) in [6.07, 6.45) is 4.59. The standard InChI is InChI=1S/C13H22N2O4/c14-7-12(5-3-1-2-4-6-12)11(19)15-13(8-16,9-17)10-18/h16-18H,1-6,8-10H2,(H,15,19). The second-order valence-corrected chi connectivity index (χ2v) is 5.32. The van der Waals surface area contributed by atoms with Crippen molar-refractivity contribution in [3.8, 4) is 6.07 Å². The van der Waals surface area contributed by atoms with Crippen molar-refractivity contribution in [3.63, 3.8) is 0 Å². The fraction of sp³-hybridized carbons (Fsp3) is 0.846. The second-order valence-electron chi connectivity index (χ2n) is 5.32. The van der Waals surface area contributed by atoms with Gasteiger partial charge in [0.15, 0.2) is 0 Å². The highest BCUT2D eigenvalue weighted by molar-refractivity contribution is 5.86. The summed E-state index contributed by atoms with van der Waals surface area (Å²) in [5, 5.41) is 39.5. The minimum absolute atomic E-state index is 0.480. The monoisotopic (exact) mass is 270 g/mol. The van der Waals surface area contributed by atoms with E-state index in [2.05, 4.69) is 11.4 Å². The molecular formula is C13H22N2O4. The van der Waals surface area contributed by atoms with Crippen LogP contribution in [0.4, 0.5) is 0 Å². The van der Waals surface area contributed by atoms with Gasteiger partial charge in [0.1, 0.15) is 11.0 Å². The van der Waals surface area contributed by atoms with Crippen molar-refractivity contribution in [1.82, 2.24) is 5.32 Å². The molecule has 0 aromatic carbocycles. The fourth-order valence-electron chi connectivity index (χ4n) is 2.35. The lowest BCUT2D eigenvalue weighted by Gasteiger charge is -2.33. The van der Waals surface area contributed by atoms with Gasteiger partial charge in [-0.1, -0.05) is 25.7 Å². The summed E-state index contributed by atoms with van der Waals surface area (Å²) in [6.45, 7) is -1.73. The summed E-state index contributed by atoms with van der Waals surface area (Å²) in [5.74, 6) is -0.506. The highest BCUT2D eigenvalue weighted by atomic mass is 16.3. The topological polar surface area (TPSA) is 114 Å². The largest absolute Gasteiger partial charge is 0.394 e. The third-order valence-corrected chi connectivity index (χ3v) is 3.89. The van der Waals surface area contributed by atoms with Crippen LogP contribution in [0.25, 0.3) is 0 Å². The summed E-state index contributed by atoms with van der Waals surface area (Å²) in [7, 11) is 0. The molecule has 0 bridgehead atoms. The summed E-state index contributed by atoms with van der Waals surface area (Å²) < 4.78 is 0. The van der Waals surface area contributed by atoms with Crippen LogP contribution in [0, 0.1) is 16.7 Å². The zero-order chi connectivity index (χ0) is 14.4. The van der Waals surface area contributed by atoms with E-state index < -0.39 is 36.7 Å². The van der Waals surface area contributed by atoms with Gasteiger partial charge in [0.05, 0.1) is 25.9 Å². The van der Waals surface area contributed by atoms with Crippen LogP contribution < -0.4 is 5.32 Å². The highest BCUT2D eigenvalue weighted by Crippen LogP contribution is 2.35. The number of carbonyl (C=O) groups is 1. The number of rotatable bonds is 5. The molecule has 108 valence electrons. The Morgan fingerprint density at radius 2 is 1.58 bits per heavy atom. The average molecular weight is 270 g/mol. The number of aliphatic hydroxyl groups is 3. The van der Waals surface area contributed by atoms with Crippen molar-refractivity contribution in [2.45, 2.75) is 44.1 Å². The molecule has 0 unspecified atom stereocenters. The number of carbonyl (C=O) groups excluding carboxylic acids is 1. The lowest BCUT2D eigenvalue weighted by atomic mass is 9.80. The molecule has 0 spiro atoms. The normalized spacial score (nSPS) is 19.3. The molecule has 6 heteroatoms. The van der Waals surface area contributed by atoms with Crippen LogP contribution in [0.3, 0.4) is 0 Å². The van der Waals surface area contributed by atoms with Gasteiger partial charge < -0.3 is 20.6 Å². The quantitative estimate of drug-likeness (QED) is 0.511. The molecule has 0 aromatic rings. The molecule has 0 aliphatic heterocycles. The Bertz CT molecular complexity index is 331. The Balaban J connectivity index is 2.87. The number of nitrogens with zero attached hydrogens (tertiary/aromatic N) is 1. The minimum atomic E-state index is -1.47. The molecule has 1 amide bonds. The number of nitrogens with one attached hydrogen (secondary N) is 1. The molecule has 19 heavy (non-hydrogen) atoms. The highest BCUT2D eigenvalue weighted by Gasteiger charge is 2.42. The number of hydrogen-bond donors (Lipinski definition) is 4. The van der Waals surface area contributed by atoms with E-state index in [0.717, 1.165) is 25.7 Å². The summed E-state index contributed by atoms with van der Waals surface area (Å²) >= 11 is 0. The first-order valence-corrected chi connectivity index (χ1v) is 6.64. The van der Waals surface area contributed by atoms with Crippen LogP contribution >= 0.6 is 0 Å². The van der Waals surface area contributed by atoms with Gasteiger partial charge in [0.2, 0.25) is 5.91 Å². The first-order valence-electron chi connectivity index (χ1n) is 6.64. The Morgan fingerprint density at radius 1 is 1.11 bits per heavy atom. The summed E-state index contributed by atoms with van der Waals surface area (Å²) in [6, 6.07) is 2.10. The first kappa shape index (κ1) is 15.9. The summed E-state index contributed by atoms with van der Waals surface area (Å²) in [5.41, 5.74) is -2.57. The van der Waals surface area contributed by atoms with Crippen molar-refractivity contribution in [2.75, 3.05) is 19.8 Å². The van der Waals surface area contributed by atoms with Crippen LogP contribution in [-0.4, -0.2) is 46.6 Å². The molecule has 1 rings (SSSR count). The molecule has 1 fully saturated rings. The first-order chi connectivity index (χ1) is 9.08. The van der Waals surface area contributed by atoms with Crippen molar-refractivity contribution < 1.29 is 20.1 Å². The van der Waals surface area contributed by atoms with Gasteiger partial charge in [-0.2, -0.15) is 5.26 Å². The number of hydrogen-bond acceptors (Lipinski definition) is 5. The smallest absolute Gasteiger partial charge is 0.241 e. The molecule has 6 nitrogen and oxygen atoms in total. The Morgan fingerprint density at radius 3 is 1.95 bits per heavy atom. The fourth-order valence-corrected chi connectivity index (χ4v) is 2.35. The van der Waals surface area contributed by atoms with E-state index in [9.17, 15) is 25.4 Å². The molecular weight excluding hydrogens is 248 g/mol. The zero-order valence-electron chi connectivity index (χ0n) is 11.1. The molecule has 0 atom stereocenters. The maximum atomic E-state index is 12.3. The molecule has 1 saturated carbocycles. The van der Waals surface area contributed by atoms with Gasteiger partial charge in [-0.3, -0.25) is 4.79 Å². The van der Waals surface area contributed by atoms with Crippen LogP contribution in [0.2, 0.25) is 0 Å². The van der Waals surface area contributed by atoms with E-state index in [-0.39, 0.29) is 0 Å². The molecule has 0 radical (unpaired) electrons. The van der Waals surface area contributed by atoms with E-state index in [1.807, 2.05) is 0 Å². The molecule has 0 saturated heterocycles. The third kappa shape index (κ3) is 3.44. The minimum Gasteiger partial charge on any atom is -0.394 e. The summed E-state index contributed by atoms with van der Waals surface area (Å²) in [4.78, 5) is 12.3. The number of amides is 1. The van der Waals surface area contributed by atoms with Gasteiger partial charge in [-0.05, 0) is 12.8 Å². The Kier molecular flexibility index (Phi) is 5.73. The van der Waals surface area contributed by atoms with Gasteiger partial charge in [-0.25, -0.2) is 0 Å². The van der Waals surface area contributed by atoms with Crippen LogP contribution in [0.5, 0.6) is 0 Å². The number of aliphatic hydroxyl groups excluding tert-OH is 3. The predicted molar refractivity (Wildman–Crippen MR) is 67.9 cm³/mol. The molecule has 4 N–H and O–H groups in total. The van der Waals surface area contributed by atoms with Crippen molar-refractivity contribution in [2.24, 2.45) is 5.41 Å². The van der Waals surface area contributed by atoms with Gasteiger partial charge >= 0.3 is 0 Å². The van der Waals surface area contributed by atoms with Crippen molar-refractivity contribution in [3.05, 3.63) is 0 Å². The maximum absolute atomic E-state index is 12.3. The molecule has 1 aliphatic carbocycles. The average Bonchev–Trinajstić information content (AvgIpc) is 2.71. The van der Waals surface area contributed by atoms with E-state index >= 15 is 0 Å². The molecule has 1 aliphatic rings. The number of nitriles is 1. The van der Waals surface area contributed by atoms with Crippen LogP contribution in [0.15, 0.2) is 0 Å². The van der Waals surface area contributed by atoms with Crippen molar-refractivity contribution >= 4 is 5.91 Å². The van der Waals surface area contributed by atoms with Crippen LogP contribution in [0.1, 0.15) is 38.5 Å². The van der Waals surface area contributed by atoms with Crippen LogP contribution in [-0.2, 0) is 4.79 Å². The maximum Gasteiger partial charge on any atom is 0.241 e. The Hall–Kier alpha value is -1.16. The second kappa shape index (κ2) is 6.85. The van der Waals surface area contributed by atoms with E-state index in [1.165, 1.54) is 0 Å². The Labute approximate surface area is 113 Å². The predicted octanol–water partition coefficient (Wildman–Crippen LogP) is -0.318. The van der Waals surface area contributed by atoms with Gasteiger partial charge in [0, 0.05) is 0 Å². The van der Waals surface area contributed by atoms with Gasteiger partial charge in [0.25, 0.3) is 0 Å². The van der Waals surface area contributed by atoms with E-state index in [0.29, 0.717) is 12.8 Å². The zero-order valence-corrected chi connectivity index (χ0v) is 11.1. The van der Waals surface area contributed by atoms with E-state index in [1.54, 1.807) is 0 Å². The van der Waals surface area contributed by atoms with E-state index in [4.69, 9.17) is 0 Å². The van der Waals surface area contributed by atoms with Crippen molar-refractivity contribution in [1.29, 1.82) is 5.26 Å². The molecule has 0 aromatic heterocycles.